The molecule has 0 bridgehead atoms. The fourth-order valence-corrected chi connectivity index (χ4v) is 3.42. The first-order valence-electron chi connectivity index (χ1n) is 10.1. The summed E-state index contributed by atoms with van der Waals surface area (Å²) in [6, 6.07) is 16.5. The van der Waals surface area contributed by atoms with Crippen LogP contribution in [0.25, 0.3) is 0 Å². The van der Waals surface area contributed by atoms with Gasteiger partial charge in [0.15, 0.2) is 0 Å². The van der Waals surface area contributed by atoms with Crippen LogP contribution >= 0.6 is 0 Å². The van der Waals surface area contributed by atoms with Crippen molar-refractivity contribution < 1.29 is 17.1 Å². The molecule has 0 amide bonds. The molecule has 0 aromatic heterocycles. The molecular formula is C29H26FeSi+2. The number of terminal acetylenes is 1. The van der Waals surface area contributed by atoms with Gasteiger partial charge in [0.05, 0.1) is 0 Å². The summed E-state index contributed by atoms with van der Waals surface area (Å²) < 4.78 is 0. The second-order valence-corrected chi connectivity index (χ2v) is 12.9. The van der Waals surface area contributed by atoms with Crippen LogP contribution in [0, 0.1) is 87.0 Å². The van der Waals surface area contributed by atoms with E-state index in [1.165, 1.54) is 23.0 Å². The van der Waals surface area contributed by atoms with Crippen molar-refractivity contribution >= 4 is 8.07 Å². The Morgan fingerprint density at radius 2 is 1.00 bits per heavy atom. The van der Waals surface area contributed by atoms with Crippen LogP contribution < -0.4 is 0 Å². The van der Waals surface area contributed by atoms with Crippen LogP contribution in [-0.2, 0) is 17.1 Å². The van der Waals surface area contributed by atoms with E-state index in [2.05, 4.69) is 99.8 Å². The normalized spacial score (nSPS) is 16.3. The zero-order chi connectivity index (χ0) is 21.4. The summed E-state index contributed by atoms with van der Waals surface area (Å²) in [5, 5.41) is 0. The Balaban J connectivity index is 0.000000220. The van der Waals surface area contributed by atoms with Crippen molar-refractivity contribution in [3.05, 3.63) is 134 Å². The average Bonchev–Trinajstić information content (AvgIpc) is 3.47. The van der Waals surface area contributed by atoms with E-state index in [0.29, 0.717) is 0 Å². The third-order valence-electron chi connectivity index (χ3n) is 4.51. The van der Waals surface area contributed by atoms with Gasteiger partial charge in [0.25, 0.3) is 0 Å². The van der Waals surface area contributed by atoms with Crippen molar-refractivity contribution in [2.75, 3.05) is 0 Å². The monoisotopic (exact) mass is 458 g/mol. The maximum absolute atomic E-state index is 5.27. The molecule has 4 rings (SSSR count). The Morgan fingerprint density at radius 1 is 0.613 bits per heavy atom. The predicted molar refractivity (Wildman–Crippen MR) is 130 cm³/mol. The molecule has 0 unspecified atom stereocenters. The minimum absolute atomic E-state index is 0. The first-order chi connectivity index (χ1) is 14.4. The van der Waals surface area contributed by atoms with E-state index in [9.17, 15) is 0 Å². The Hall–Kier alpha value is -1.70. The molecular weight excluding hydrogens is 432 g/mol. The molecule has 0 atom stereocenters. The van der Waals surface area contributed by atoms with E-state index in [1.807, 2.05) is 37.1 Å². The molecule has 152 valence electrons. The second kappa shape index (κ2) is 12.4. The van der Waals surface area contributed by atoms with Gasteiger partial charge in [-0.05, 0) is 86.8 Å². The molecule has 2 aromatic rings. The molecule has 0 spiro atoms. The number of benzene rings is 2. The number of rotatable bonds is 2. The fourth-order valence-electron chi connectivity index (χ4n) is 2.90. The predicted octanol–water partition coefficient (Wildman–Crippen LogP) is 6.09. The molecule has 2 fully saturated rings. The molecule has 2 heteroatoms. The zero-order valence-electron chi connectivity index (χ0n) is 18.2. The van der Waals surface area contributed by atoms with E-state index in [4.69, 9.17) is 6.42 Å². The van der Waals surface area contributed by atoms with E-state index in [0.717, 1.165) is 11.1 Å². The van der Waals surface area contributed by atoms with Gasteiger partial charge < -0.3 is 0 Å². The Labute approximate surface area is 202 Å². The van der Waals surface area contributed by atoms with Gasteiger partial charge in [0, 0.05) is 23.0 Å². The quantitative estimate of drug-likeness (QED) is 0.378. The molecule has 0 aliphatic heterocycles. The molecule has 2 saturated carbocycles. The van der Waals surface area contributed by atoms with Gasteiger partial charge in [-0.25, -0.2) is 0 Å². The summed E-state index contributed by atoms with van der Waals surface area (Å²) in [5.41, 5.74) is 7.89. The summed E-state index contributed by atoms with van der Waals surface area (Å²) in [6.45, 7) is 6.79. The molecule has 0 N–H and O–H groups in total. The van der Waals surface area contributed by atoms with Crippen molar-refractivity contribution in [3.8, 4) is 23.8 Å². The van der Waals surface area contributed by atoms with Crippen LogP contribution in [0.15, 0.2) is 48.5 Å². The summed E-state index contributed by atoms with van der Waals surface area (Å²) in [5.74, 6) is 8.38. The summed E-state index contributed by atoms with van der Waals surface area (Å²) in [7, 11) is -1.27. The largest absolute Gasteiger partial charge is 2.00 e. The molecule has 10 radical (unpaired) electrons. The fraction of sp³-hybridized carbons (Fsp3) is 0.103. The molecule has 2 aromatic carbocycles. The topological polar surface area (TPSA) is 0 Å². The molecule has 31 heavy (non-hydrogen) atoms. The van der Waals surface area contributed by atoms with Crippen LogP contribution in [0.3, 0.4) is 0 Å². The molecule has 2 aliphatic carbocycles. The Morgan fingerprint density at radius 3 is 1.35 bits per heavy atom. The Bertz CT molecular complexity index is 889. The van der Waals surface area contributed by atoms with Crippen LogP contribution in [0.1, 0.15) is 22.3 Å². The van der Waals surface area contributed by atoms with Crippen LogP contribution in [-0.4, -0.2) is 8.07 Å². The molecule has 0 nitrogen and oxygen atoms in total. The van der Waals surface area contributed by atoms with Gasteiger partial charge >= 0.3 is 17.1 Å². The minimum Gasteiger partial charge on any atom is -0.127 e. The van der Waals surface area contributed by atoms with E-state index >= 15 is 0 Å². The standard InChI is InChI=1S/C16H17Si.C13H9.Fe/c1-17(2,3)13-12-14-8-10-16(11-9-14)15-6-4-5-7-15;1-2-11-7-9-13(10-8-11)12-5-3-4-6-12;/h4-11H,1-3H3;1,3-10H;/q;;+2. The van der Waals surface area contributed by atoms with E-state index in [1.54, 1.807) is 0 Å². The number of hydrogen-bond acceptors (Lipinski definition) is 0. The van der Waals surface area contributed by atoms with Crippen LogP contribution in [0.2, 0.25) is 19.6 Å². The summed E-state index contributed by atoms with van der Waals surface area (Å²) >= 11 is 0. The van der Waals surface area contributed by atoms with Gasteiger partial charge in [-0.3, -0.25) is 0 Å². The maximum Gasteiger partial charge on any atom is 2.00 e. The van der Waals surface area contributed by atoms with Crippen molar-refractivity contribution in [3.63, 3.8) is 0 Å². The molecule has 2 aliphatic rings. The SMILES string of the molecule is C#Cc1ccc([C]2[CH][CH][CH][CH]2)cc1.C[Si](C)(C)C#Cc1ccc([C]2[CH][CH][CH][CH]2)cc1.[Fe+2]. The smallest absolute Gasteiger partial charge is 0.127 e. The minimum atomic E-state index is -1.27. The number of hydrogen-bond donors (Lipinski definition) is 0. The van der Waals surface area contributed by atoms with Crippen LogP contribution in [0.4, 0.5) is 0 Å². The van der Waals surface area contributed by atoms with E-state index in [-0.39, 0.29) is 17.1 Å². The van der Waals surface area contributed by atoms with E-state index < -0.39 is 8.07 Å². The van der Waals surface area contributed by atoms with Gasteiger partial charge in [-0.15, -0.1) is 12.0 Å². The second-order valence-electron chi connectivity index (χ2n) is 8.15. The summed E-state index contributed by atoms with van der Waals surface area (Å²) in [4.78, 5) is 0. The van der Waals surface area contributed by atoms with Gasteiger partial charge in [-0.1, -0.05) is 55.7 Å². The van der Waals surface area contributed by atoms with Crippen molar-refractivity contribution in [1.82, 2.24) is 0 Å². The molecule has 0 heterocycles. The van der Waals surface area contributed by atoms with Gasteiger partial charge in [0.2, 0.25) is 0 Å². The van der Waals surface area contributed by atoms with Crippen LogP contribution in [0.5, 0.6) is 0 Å². The Kier molecular flexibility index (Phi) is 10.2. The average molecular weight is 458 g/mol. The summed E-state index contributed by atoms with van der Waals surface area (Å²) in [6.07, 6.45) is 21.9. The third-order valence-corrected chi connectivity index (χ3v) is 5.39. The third kappa shape index (κ3) is 8.39. The first kappa shape index (κ1) is 25.6. The van der Waals surface area contributed by atoms with Crippen molar-refractivity contribution in [2.45, 2.75) is 19.6 Å². The maximum atomic E-state index is 5.27. The van der Waals surface area contributed by atoms with Crippen molar-refractivity contribution in [1.29, 1.82) is 0 Å². The molecule has 0 saturated heterocycles. The van der Waals surface area contributed by atoms with Crippen molar-refractivity contribution in [2.24, 2.45) is 0 Å². The zero-order valence-corrected chi connectivity index (χ0v) is 20.3. The van der Waals surface area contributed by atoms with Gasteiger partial charge in [0.1, 0.15) is 8.07 Å². The van der Waals surface area contributed by atoms with Gasteiger partial charge in [-0.2, -0.15) is 0 Å². The first-order valence-corrected chi connectivity index (χ1v) is 13.6.